The Bertz CT molecular complexity index is 1920. The molecule has 1 amide bonds. The van der Waals surface area contributed by atoms with Gasteiger partial charge in [-0.25, -0.2) is 0 Å². The minimum Gasteiger partial charge on any atom is -0.355 e. The Kier molecular flexibility index (Phi) is 13.6. The molecule has 10 heteroatoms. The zero-order valence-corrected chi connectivity index (χ0v) is 33.8. The fourth-order valence-corrected chi connectivity index (χ4v) is 8.92. The van der Waals surface area contributed by atoms with Gasteiger partial charge >= 0.3 is 0 Å². The molecular weight excluding hydrogens is 704 g/mol. The number of halogens is 1. The molecule has 3 aliphatic rings. The molecule has 2 aromatic carbocycles. The van der Waals surface area contributed by atoms with E-state index in [2.05, 4.69) is 115 Å². The first-order valence-corrected chi connectivity index (χ1v) is 21.2. The zero-order valence-electron chi connectivity index (χ0n) is 32.2. The Labute approximate surface area is 322 Å². The van der Waals surface area contributed by atoms with Crippen LogP contribution in [0, 0.1) is 0 Å². The third kappa shape index (κ3) is 9.79. The summed E-state index contributed by atoms with van der Waals surface area (Å²) in [6.07, 6.45) is 16.2. The van der Waals surface area contributed by atoms with Gasteiger partial charge in [0.05, 0.1) is 11.2 Å². The Morgan fingerprint density at radius 1 is 0.906 bits per heavy atom. The van der Waals surface area contributed by atoms with E-state index in [-0.39, 0.29) is 22.5 Å². The molecule has 0 saturated carbocycles. The van der Waals surface area contributed by atoms with Gasteiger partial charge in [-0.2, -0.15) is 13.0 Å². The van der Waals surface area contributed by atoms with Crippen LogP contribution in [0.1, 0.15) is 96.6 Å². The summed E-state index contributed by atoms with van der Waals surface area (Å²) in [5.74, 6) is -0.114. The molecule has 0 aromatic heterocycles. The highest BCUT2D eigenvalue weighted by atomic mass is 35.5. The average molecular weight is 762 g/mol. The molecule has 2 aliphatic heterocycles. The van der Waals surface area contributed by atoms with Gasteiger partial charge in [0.2, 0.25) is 11.6 Å². The van der Waals surface area contributed by atoms with Gasteiger partial charge < -0.3 is 15.5 Å². The van der Waals surface area contributed by atoms with Crippen LogP contribution in [0.2, 0.25) is 0 Å². The van der Waals surface area contributed by atoms with E-state index in [9.17, 15) is 17.8 Å². The number of para-hydroxylation sites is 2. The van der Waals surface area contributed by atoms with Crippen molar-refractivity contribution < 1.29 is 22.3 Å². The number of rotatable bonds is 17. The molecule has 0 bridgehead atoms. The summed E-state index contributed by atoms with van der Waals surface area (Å²) in [4.78, 5) is 14.6. The molecule has 2 heterocycles. The fourth-order valence-electron chi connectivity index (χ4n) is 8.03. The van der Waals surface area contributed by atoms with Crippen molar-refractivity contribution in [2.24, 2.45) is 0 Å². The second-order valence-corrected chi connectivity index (χ2v) is 17.5. The van der Waals surface area contributed by atoms with E-state index in [0.717, 1.165) is 79.2 Å². The van der Waals surface area contributed by atoms with Gasteiger partial charge in [-0.1, -0.05) is 80.4 Å². The van der Waals surface area contributed by atoms with E-state index >= 15 is 0 Å². The average Bonchev–Trinajstić information content (AvgIpc) is 3.47. The monoisotopic (exact) mass is 761 g/mol. The number of hydrogen-bond acceptors (Lipinski definition) is 5. The lowest BCUT2D eigenvalue weighted by Gasteiger charge is -2.27. The molecule has 0 saturated heterocycles. The molecule has 5 rings (SSSR count). The van der Waals surface area contributed by atoms with Crippen LogP contribution in [-0.2, 0) is 25.7 Å². The number of likely N-dealkylation sites (N-methyl/N-ethyl adjacent to an activating group) is 1. The normalized spacial score (nSPS) is 19.5. The second kappa shape index (κ2) is 17.8. The van der Waals surface area contributed by atoms with E-state index in [1.807, 2.05) is 13.1 Å². The van der Waals surface area contributed by atoms with Crippen LogP contribution in [0.5, 0.6) is 0 Å². The largest absolute Gasteiger partial charge is 0.355 e. The summed E-state index contributed by atoms with van der Waals surface area (Å²) in [6.45, 7) is 12.0. The van der Waals surface area contributed by atoms with Gasteiger partial charge in [-0.05, 0) is 88.3 Å². The molecule has 0 atom stereocenters. The number of benzene rings is 2. The molecule has 0 spiro atoms. The Balaban J connectivity index is 1.36. The van der Waals surface area contributed by atoms with Gasteiger partial charge in [0.1, 0.15) is 6.54 Å². The van der Waals surface area contributed by atoms with Crippen LogP contribution >= 0.6 is 11.6 Å². The first-order valence-electron chi connectivity index (χ1n) is 19.2. The molecule has 8 nitrogen and oxygen atoms in total. The molecule has 1 aliphatic carbocycles. The number of fused-ring (bicyclic) bond motifs is 2. The van der Waals surface area contributed by atoms with Crippen molar-refractivity contribution in [1.82, 2.24) is 10.6 Å². The summed E-state index contributed by atoms with van der Waals surface area (Å²) in [6, 6.07) is 17.1. The highest BCUT2D eigenvalue weighted by molar-refractivity contribution is 7.85. The maximum Gasteiger partial charge on any atom is 0.264 e. The standard InChI is InChI=1S/C43H57ClN4O4S/c1-42(2)34-18-8-10-20-36(34)47(29-12-6-7-22-40(49)46-28-27-45-5)38(42)25-23-32-16-15-17-33(41(32)44)24-26-39-43(3,4)35-19-9-11-21-37(35)48(39)30-13-14-31-53(50,51)52/h8-11,18-21,23-26,45H,6-7,12-17,22,27-31H2,1-5H3,(H-,46,49,50,51,52)/p+1. The zero-order chi connectivity index (χ0) is 38.2. The highest BCUT2D eigenvalue weighted by Gasteiger charge is 2.44. The molecule has 0 radical (unpaired) electrons. The Morgan fingerprint density at radius 3 is 2.40 bits per heavy atom. The molecule has 0 fully saturated rings. The SMILES string of the molecule is CNCCNC(=O)CCCCCN1/C(=C/C=C2\CCCC(/C=C/C3=[N+](CCCCS(=O)(=O)O)c4ccccc4C3(C)C)=C2Cl)C(C)(C)c2ccccc21. The Hall–Kier alpha value is -3.50. The van der Waals surface area contributed by atoms with E-state index < -0.39 is 10.1 Å². The fraction of sp³-hybridized carbons (Fsp3) is 0.488. The lowest BCUT2D eigenvalue weighted by atomic mass is 9.81. The summed E-state index contributed by atoms with van der Waals surface area (Å²) in [5.41, 5.74) is 9.20. The topological polar surface area (TPSA) is 102 Å². The summed E-state index contributed by atoms with van der Waals surface area (Å²) >= 11 is 7.22. The maximum atomic E-state index is 12.2. The van der Waals surface area contributed by atoms with Crippen molar-refractivity contribution in [3.63, 3.8) is 0 Å². The molecule has 53 heavy (non-hydrogen) atoms. The number of hydrogen-bond donors (Lipinski definition) is 3. The van der Waals surface area contributed by atoms with Crippen molar-refractivity contribution >= 4 is 44.7 Å². The number of anilines is 1. The number of nitrogens with zero attached hydrogens (tertiary/aromatic N) is 2. The van der Waals surface area contributed by atoms with Gasteiger partial charge in [0.25, 0.3) is 10.1 Å². The smallest absolute Gasteiger partial charge is 0.264 e. The van der Waals surface area contributed by atoms with Crippen LogP contribution in [-0.4, -0.2) is 68.1 Å². The van der Waals surface area contributed by atoms with Crippen molar-refractivity contribution in [3.8, 4) is 0 Å². The van der Waals surface area contributed by atoms with E-state index in [1.54, 1.807) is 0 Å². The summed E-state index contributed by atoms with van der Waals surface area (Å²) < 4.78 is 34.2. The number of carbonyl (C=O) groups is 1. The number of unbranched alkanes of at least 4 members (excludes halogenated alkanes) is 3. The lowest BCUT2D eigenvalue weighted by molar-refractivity contribution is -0.438. The Morgan fingerprint density at radius 2 is 1.64 bits per heavy atom. The molecule has 286 valence electrons. The van der Waals surface area contributed by atoms with Gasteiger partial charge in [-0.3, -0.25) is 9.35 Å². The van der Waals surface area contributed by atoms with Gasteiger partial charge in [0, 0.05) is 72.0 Å². The van der Waals surface area contributed by atoms with Crippen molar-refractivity contribution in [2.45, 2.75) is 96.3 Å². The lowest BCUT2D eigenvalue weighted by Crippen LogP contribution is -2.30. The van der Waals surface area contributed by atoms with Gasteiger partial charge in [0.15, 0.2) is 5.71 Å². The number of amides is 1. The van der Waals surface area contributed by atoms with Crippen LogP contribution < -0.4 is 15.5 Å². The quantitative estimate of drug-likeness (QED) is 0.0850. The van der Waals surface area contributed by atoms with Crippen molar-refractivity contribution in [3.05, 3.63) is 106 Å². The van der Waals surface area contributed by atoms with Crippen molar-refractivity contribution in [1.29, 1.82) is 0 Å². The first kappa shape index (κ1) is 40.7. The van der Waals surface area contributed by atoms with Crippen LogP contribution in [0.25, 0.3) is 0 Å². The predicted octanol–water partition coefficient (Wildman–Crippen LogP) is 8.47. The van der Waals surface area contributed by atoms with Crippen LogP contribution in [0.4, 0.5) is 11.4 Å². The molecule has 0 unspecified atom stereocenters. The molecular formula is C43H58ClN4O4S+. The predicted molar refractivity (Wildman–Crippen MR) is 219 cm³/mol. The summed E-state index contributed by atoms with van der Waals surface area (Å²) in [5, 5.41) is 6.84. The third-order valence-corrected chi connectivity index (χ3v) is 12.2. The second-order valence-electron chi connectivity index (χ2n) is 15.5. The number of allylic oxidation sites excluding steroid dienone is 8. The first-order chi connectivity index (χ1) is 25.3. The van der Waals surface area contributed by atoms with Crippen LogP contribution in [0.15, 0.2) is 94.7 Å². The minimum absolute atomic E-state index is 0.119. The summed E-state index contributed by atoms with van der Waals surface area (Å²) in [7, 11) is -2.10. The van der Waals surface area contributed by atoms with E-state index in [1.165, 1.54) is 22.5 Å². The van der Waals surface area contributed by atoms with Gasteiger partial charge in [-0.15, -0.1) is 0 Å². The molecule has 3 N–H and O–H groups in total. The van der Waals surface area contributed by atoms with E-state index in [4.69, 9.17) is 11.6 Å². The van der Waals surface area contributed by atoms with E-state index in [0.29, 0.717) is 32.4 Å². The highest BCUT2D eigenvalue weighted by Crippen LogP contribution is 2.48. The minimum atomic E-state index is -3.99. The maximum absolute atomic E-state index is 12.2. The van der Waals surface area contributed by atoms with Crippen molar-refractivity contribution in [2.75, 3.05) is 43.9 Å². The van der Waals surface area contributed by atoms with Crippen LogP contribution in [0.3, 0.4) is 0 Å². The third-order valence-electron chi connectivity index (χ3n) is 11.0. The number of carbonyl (C=O) groups excluding carboxylic acids is 1. The molecule has 2 aromatic rings. The number of nitrogens with one attached hydrogen (secondary N) is 2.